The van der Waals surface area contributed by atoms with Gasteiger partial charge in [-0.15, -0.1) is 0 Å². The molecule has 0 aliphatic carbocycles. The van der Waals surface area contributed by atoms with Gasteiger partial charge in [-0.3, -0.25) is 9.48 Å². The van der Waals surface area contributed by atoms with Crippen molar-refractivity contribution in [1.82, 2.24) is 9.78 Å². The van der Waals surface area contributed by atoms with E-state index in [0.717, 1.165) is 5.75 Å². The zero-order chi connectivity index (χ0) is 21.6. The third kappa shape index (κ3) is 5.11. The minimum atomic E-state index is -0.416. The quantitative estimate of drug-likeness (QED) is 0.453. The van der Waals surface area contributed by atoms with Gasteiger partial charge in [0, 0.05) is 11.8 Å². The van der Waals surface area contributed by atoms with Crippen molar-refractivity contribution in [2.75, 3.05) is 12.4 Å². The SMILES string of the molecule is COc1ccc(OCc2ccc(C(=O)Nc3cnn(Cc4ccccc4F)c3)o2)cc1. The minimum absolute atomic E-state index is 0.148. The molecule has 2 aromatic heterocycles. The van der Waals surface area contributed by atoms with E-state index < -0.39 is 5.91 Å². The van der Waals surface area contributed by atoms with Gasteiger partial charge in [0.2, 0.25) is 0 Å². The second kappa shape index (κ2) is 9.17. The predicted molar refractivity (Wildman–Crippen MR) is 112 cm³/mol. The van der Waals surface area contributed by atoms with Crippen molar-refractivity contribution in [2.45, 2.75) is 13.2 Å². The maximum atomic E-state index is 13.8. The number of methoxy groups -OCH3 is 1. The lowest BCUT2D eigenvalue weighted by Gasteiger charge is -2.05. The number of carbonyl (C=O) groups excluding carboxylic acids is 1. The fraction of sp³-hybridized carbons (Fsp3) is 0.130. The Morgan fingerprint density at radius 1 is 1.10 bits per heavy atom. The molecule has 4 rings (SSSR count). The number of carbonyl (C=O) groups is 1. The van der Waals surface area contributed by atoms with E-state index in [-0.39, 0.29) is 24.7 Å². The summed E-state index contributed by atoms with van der Waals surface area (Å²) >= 11 is 0. The molecule has 0 radical (unpaired) electrons. The topological polar surface area (TPSA) is 78.5 Å². The van der Waals surface area contributed by atoms with Crippen molar-refractivity contribution in [3.8, 4) is 11.5 Å². The Bertz CT molecular complexity index is 1170. The molecule has 2 aromatic carbocycles. The maximum Gasteiger partial charge on any atom is 0.291 e. The fourth-order valence-electron chi connectivity index (χ4n) is 2.91. The van der Waals surface area contributed by atoms with Crippen LogP contribution in [-0.4, -0.2) is 22.8 Å². The van der Waals surface area contributed by atoms with Gasteiger partial charge in [-0.05, 0) is 42.5 Å². The van der Waals surface area contributed by atoms with Gasteiger partial charge < -0.3 is 19.2 Å². The van der Waals surface area contributed by atoms with Crippen molar-refractivity contribution in [3.05, 3.63) is 96.0 Å². The van der Waals surface area contributed by atoms with Crippen LogP contribution in [0, 0.1) is 5.82 Å². The molecule has 31 heavy (non-hydrogen) atoms. The van der Waals surface area contributed by atoms with Gasteiger partial charge >= 0.3 is 0 Å². The summed E-state index contributed by atoms with van der Waals surface area (Å²) in [5, 5.41) is 6.87. The second-order valence-electron chi connectivity index (χ2n) is 6.70. The molecule has 0 saturated heterocycles. The van der Waals surface area contributed by atoms with Gasteiger partial charge in [-0.2, -0.15) is 5.10 Å². The zero-order valence-electron chi connectivity index (χ0n) is 16.7. The van der Waals surface area contributed by atoms with Crippen molar-refractivity contribution in [2.24, 2.45) is 0 Å². The van der Waals surface area contributed by atoms with Gasteiger partial charge in [0.25, 0.3) is 5.91 Å². The largest absolute Gasteiger partial charge is 0.497 e. The molecule has 0 aliphatic rings. The Hall–Kier alpha value is -4.07. The van der Waals surface area contributed by atoms with Crippen LogP contribution in [0.3, 0.4) is 0 Å². The van der Waals surface area contributed by atoms with E-state index in [9.17, 15) is 9.18 Å². The van der Waals surface area contributed by atoms with Crippen LogP contribution in [0.15, 0.2) is 77.5 Å². The van der Waals surface area contributed by atoms with Crippen LogP contribution < -0.4 is 14.8 Å². The summed E-state index contributed by atoms with van der Waals surface area (Å²) in [7, 11) is 1.60. The number of hydrogen-bond acceptors (Lipinski definition) is 5. The molecular weight excluding hydrogens is 401 g/mol. The number of nitrogens with zero attached hydrogens (tertiary/aromatic N) is 2. The number of anilines is 1. The molecule has 0 spiro atoms. The number of benzene rings is 2. The van der Waals surface area contributed by atoms with Gasteiger partial charge in [0.05, 0.1) is 25.5 Å². The summed E-state index contributed by atoms with van der Waals surface area (Å²) in [6.45, 7) is 0.441. The van der Waals surface area contributed by atoms with Crippen LogP contribution in [0.1, 0.15) is 21.9 Å². The smallest absolute Gasteiger partial charge is 0.291 e. The van der Waals surface area contributed by atoms with Crippen LogP contribution in [0.5, 0.6) is 11.5 Å². The molecule has 158 valence electrons. The lowest BCUT2D eigenvalue weighted by atomic mass is 10.2. The van der Waals surface area contributed by atoms with Gasteiger partial charge in [-0.25, -0.2) is 4.39 Å². The van der Waals surface area contributed by atoms with Gasteiger partial charge in [0.1, 0.15) is 29.7 Å². The van der Waals surface area contributed by atoms with E-state index in [2.05, 4.69) is 10.4 Å². The van der Waals surface area contributed by atoms with Crippen LogP contribution in [0.25, 0.3) is 0 Å². The molecule has 8 heteroatoms. The number of amides is 1. The molecule has 2 heterocycles. The lowest BCUT2D eigenvalue weighted by molar-refractivity contribution is 0.0992. The van der Waals surface area contributed by atoms with E-state index in [0.29, 0.717) is 22.8 Å². The Balaban J connectivity index is 1.32. The molecule has 0 aliphatic heterocycles. The second-order valence-corrected chi connectivity index (χ2v) is 6.70. The van der Waals surface area contributed by atoms with Crippen LogP contribution in [0.2, 0.25) is 0 Å². The molecule has 0 unspecified atom stereocenters. The highest BCUT2D eigenvalue weighted by Gasteiger charge is 2.13. The Labute approximate surface area is 178 Å². The Kier molecular flexibility index (Phi) is 5.98. The molecule has 4 aromatic rings. The first-order valence-corrected chi connectivity index (χ1v) is 9.53. The van der Waals surface area contributed by atoms with Gasteiger partial charge in [0.15, 0.2) is 5.76 Å². The summed E-state index contributed by atoms with van der Waals surface area (Å²) < 4.78 is 31.6. The van der Waals surface area contributed by atoms with E-state index in [1.165, 1.54) is 12.3 Å². The highest BCUT2D eigenvalue weighted by Crippen LogP contribution is 2.19. The lowest BCUT2D eigenvalue weighted by Crippen LogP contribution is -2.10. The minimum Gasteiger partial charge on any atom is -0.497 e. The fourth-order valence-corrected chi connectivity index (χ4v) is 2.91. The molecule has 0 atom stereocenters. The molecule has 1 N–H and O–H groups in total. The average molecular weight is 421 g/mol. The van der Waals surface area contributed by atoms with Crippen LogP contribution >= 0.6 is 0 Å². The number of rotatable bonds is 8. The first-order valence-electron chi connectivity index (χ1n) is 9.53. The number of furan rings is 1. The van der Waals surface area contributed by atoms with E-state index >= 15 is 0 Å². The number of hydrogen-bond donors (Lipinski definition) is 1. The summed E-state index contributed by atoms with van der Waals surface area (Å²) in [5.41, 5.74) is 0.991. The highest BCUT2D eigenvalue weighted by molar-refractivity contribution is 6.02. The van der Waals surface area contributed by atoms with E-state index in [4.69, 9.17) is 13.9 Å². The van der Waals surface area contributed by atoms with Crippen molar-refractivity contribution < 1.29 is 23.1 Å². The van der Waals surface area contributed by atoms with Gasteiger partial charge in [-0.1, -0.05) is 18.2 Å². The first-order chi connectivity index (χ1) is 15.1. The molecule has 7 nitrogen and oxygen atoms in total. The monoisotopic (exact) mass is 421 g/mol. The van der Waals surface area contributed by atoms with Crippen molar-refractivity contribution in [1.29, 1.82) is 0 Å². The van der Waals surface area contributed by atoms with Crippen molar-refractivity contribution in [3.63, 3.8) is 0 Å². The normalized spacial score (nSPS) is 10.6. The Morgan fingerprint density at radius 2 is 1.87 bits per heavy atom. The molecule has 1 amide bonds. The Morgan fingerprint density at radius 3 is 2.65 bits per heavy atom. The molecular formula is C23H20FN3O4. The number of nitrogens with one attached hydrogen (secondary N) is 1. The van der Waals surface area contributed by atoms with Crippen molar-refractivity contribution >= 4 is 11.6 Å². The summed E-state index contributed by atoms with van der Waals surface area (Å²) in [6, 6.07) is 16.9. The van der Waals surface area contributed by atoms with Crippen LogP contribution in [0.4, 0.5) is 10.1 Å². The number of halogens is 1. The molecule has 0 saturated carbocycles. The molecule has 0 fully saturated rings. The predicted octanol–water partition coefficient (Wildman–Crippen LogP) is 4.50. The molecule has 0 bridgehead atoms. The summed E-state index contributed by atoms with van der Waals surface area (Å²) in [5.74, 6) is 1.34. The van der Waals surface area contributed by atoms with E-state index in [1.807, 2.05) is 0 Å². The highest BCUT2D eigenvalue weighted by atomic mass is 19.1. The third-order valence-electron chi connectivity index (χ3n) is 4.51. The summed E-state index contributed by atoms with van der Waals surface area (Å²) in [4.78, 5) is 12.4. The average Bonchev–Trinajstić information content (AvgIpc) is 3.44. The summed E-state index contributed by atoms with van der Waals surface area (Å²) in [6.07, 6.45) is 3.12. The zero-order valence-corrected chi connectivity index (χ0v) is 16.7. The maximum absolute atomic E-state index is 13.8. The number of ether oxygens (including phenoxy) is 2. The van der Waals surface area contributed by atoms with Crippen LogP contribution in [-0.2, 0) is 13.2 Å². The van der Waals surface area contributed by atoms with E-state index in [1.54, 1.807) is 72.6 Å². The number of aromatic nitrogens is 2. The first kappa shape index (κ1) is 20.2. The standard InChI is InChI=1S/C23H20FN3O4/c1-29-18-6-8-19(9-7-18)30-15-20-10-11-22(31-20)23(28)26-17-12-25-27(14-17)13-16-4-2-3-5-21(16)24/h2-12,14H,13,15H2,1H3,(H,26,28). The third-order valence-corrected chi connectivity index (χ3v) is 4.51.